The van der Waals surface area contributed by atoms with Gasteiger partial charge in [0.25, 0.3) is 0 Å². The van der Waals surface area contributed by atoms with Gasteiger partial charge in [0.15, 0.2) is 0 Å². The molecule has 60 valence electrons. The average Bonchev–Trinajstić information content (AvgIpc) is 2.74. The van der Waals surface area contributed by atoms with Crippen molar-refractivity contribution in [3.63, 3.8) is 0 Å². The van der Waals surface area contributed by atoms with Crippen LogP contribution in [0.25, 0.3) is 5.57 Å². The number of hydrogen-bond acceptors (Lipinski definition) is 1. The predicted octanol–water partition coefficient (Wildman–Crippen LogP) is 2.29. The van der Waals surface area contributed by atoms with E-state index < -0.39 is 0 Å². The highest BCUT2D eigenvalue weighted by molar-refractivity contribution is 6.00. The smallest absolute Gasteiger partial charge is 0.00490 e. The van der Waals surface area contributed by atoms with Crippen LogP contribution in [0.2, 0.25) is 0 Å². The standard InChI is InChI=1S/C11H11N/c1-8(12)6-7-11-9-4-2-3-5-10(9)11/h2-7H,12H2,1H3/b8-6-. The summed E-state index contributed by atoms with van der Waals surface area (Å²) in [6, 6.07) is 8.36. The molecular weight excluding hydrogens is 146 g/mol. The number of hydrogen-bond donors (Lipinski definition) is 1. The van der Waals surface area contributed by atoms with Gasteiger partial charge in [0.2, 0.25) is 0 Å². The minimum atomic E-state index is 0.848. The number of benzene rings is 1. The zero-order valence-corrected chi connectivity index (χ0v) is 7.04. The molecule has 2 N–H and O–H groups in total. The molecule has 1 aromatic carbocycles. The Morgan fingerprint density at radius 3 is 2.33 bits per heavy atom. The third-order valence-corrected chi connectivity index (χ3v) is 1.96. The predicted molar refractivity (Wildman–Crippen MR) is 51.5 cm³/mol. The van der Waals surface area contributed by atoms with Crippen molar-refractivity contribution in [2.75, 3.05) is 0 Å². The van der Waals surface area contributed by atoms with Crippen LogP contribution in [0.4, 0.5) is 0 Å². The Morgan fingerprint density at radius 1 is 1.25 bits per heavy atom. The Morgan fingerprint density at radius 2 is 1.83 bits per heavy atom. The summed E-state index contributed by atoms with van der Waals surface area (Å²) in [4.78, 5) is 0. The molecule has 1 aromatic rings. The molecule has 1 nitrogen and oxygen atoms in total. The lowest BCUT2D eigenvalue weighted by Crippen LogP contribution is -1.87. The Kier molecular flexibility index (Phi) is 1.51. The molecule has 1 aliphatic rings. The van der Waals surface area contributed by atoms with E-state index in [1.54, 1.807) is 0 Å². The highest BCUT2D eigenvalue weighted by Crippen LogP contribution is 2.41. The first-order valence-corrected chi connectivity index (χ1v) is 4.03. The molecule has 0 fully saturated rings. The van der Waals surface area contributed by atoms with Crippen molar-refractivity contribution in [2.45, 2.75) is 6.92 Å². The largest absolute Gasteiger partial charge is 0.402 e. The maximum Gasteiger partial charge on any atom is 0.00490 e. The molecule has 0 atom stereocenters. The van der Waals surface area contributed by atoms with Gasteiger partial charge in [-0.2, -0.15) is 0 Å². The zero-order chi connectivity index (χ0) is 8.55. The molecule has 1 aliphatic carbocycles. The average molecular weight is 157 g/mol. The highest BCUT2D eigenvalue weighted by atomic mass is 14.5. The van der Waals surface area contributed by atoms with Crippen LogP contribution in [0.1, 0.15) is 18.1 Å². The first kappa shape index (κ1) is 7.17. The van der Waals surface area contributed by atoms with Crippen LogP contribution in [0.3, 0.4) is 0 Å². The summed E-state index contributed by atoms with van der Waals surface area (Å²) in [6.07, 6.45) is 4.01. The van der Waals surface area contributed by atoms with Crippen molar-refractivity contribution in [2.24, 2.45) is 5.73 Å². The van der Waals surface area contributed by atoms with Crippen LogP contribution in [-0.4, -0.2) is 0 Å². The van der Waals surface area contributed by atoms with Gasteiger partial charge in [-0.1, -0.05) is 30.3 Å². The lowest BCUT2D eigenvalue weighted by atomic mass is 10.3. The van der Waals surface area contributed by atoms with E-state index in [-0.39, 0.29) is 0 Å². The van der Waals surface area contributed by atoms with Crippen LogP contribution in [-0.2, 0) is 0 Å². The molecule has 2 rings (SSSR count). The molecule has 0 radical (unpaired) electrons. The lowest BCUT2D eigenvalue weighted by molar-refractivity contribution is 1.32. The Labute approximate surface area is 72.2 Å². The van der Waals surface area contributed by atoms with Crippen LogP contribution < -0.4 is 5.73 Å². The lowest BCUT2D eigenvalue weighted by Gasteiger charge is -1.81. The molecule has 12 heavy (non-hydrogen) atoms. The molecule has 0 amide bonds. The fraction of sp³-hybridized carbons (Fsp3) is 0.0909. The second-order valence-corrected chi connectivity index (χ2v) is 3.04. The first-order chi connectivity index (χ1) is 5.79. The van der Waals surface area contributed by atoms with Crippen molar-refractivity contribution < 1.29 is 0 Å². The van der Waals surface area contributed by atoms with E-state index in [9.17, 15) is 0 Å². The zero-order valence-electron chi connectivity index (χ0n) is 7.04. The van der Waals surface area contributed by atoms with Gasteiger partial charge in [0, 0.05) is 5.70 Å². The number of allylic oxidation sites excluding steroid dienone is 3. The molecule has 0 aliphatic heterocycles. The quantitative estimate of drug-likeness (QED) is 0.675. The maximum absolute atomic E-state index is 5.52. The first-order valence-electron chi connectivity index (χ1n) is 4.03. The summed E-state index contributed by atoms with van der Waals surface area (Å²) < 4.78 is 0. The minimum Gasteiger partial charge on any atom is -0.402 e. The molecule has 0 spiro atoms. The molecule has 0 saturated heterocycles. The van der Waals surface area contributed by atoms with Crippen LogP contribution in [0, 0.1) is 0 Å². The van der Waals surface area contributed by atoms with Gasteiger partial charge in [-0.05, 0) is 29.7 Å². The number of rotatable bonds is 1. The molecule has 0 aromatic heterocycles. The molecule has 0 heterocycles. The third-order valence-electron chi connectivity index (χ3n) is 1.96. The molecule has 0 unspecified atom stereocenters. The van der Waals surface area contributed by atoms with Gasteiger partial charge in [0.05, 0.1) is 0 Å². The maximum atomic E-state index is 5.52. The van der Waals surface area contributed by atoms with Gasteiger partial charge in [-0.15, -0.1) is 0 Å². The van der Waals surface area contributed by atoms with E-state index in [0.29, 0.717) is 0 Å². The molecule has 0 bridgehead atoms. The summed E-state index contributed by atoms with van der Waals surface area (Å²) in [7, 11) is 0. The van der Waals surface area contributed by atoms with Gasteiger partial charge in [-0.25, -0.2) is 0 Å². The molecule has 0 saturated carbocycles. The third kappa shape index (κ3) is 1.14. The summed E-state index contributed by atoms with van der Waals surface area (Å²) in [5.41, 5.74) is 10.4. The van der Waals surface area contributed by atoms with Gasteiger partial charge < -0.3 is 5.73 Å². The van der Waals surface area contributed by atoms with Crippen LogP contribution >= 0.6 is 0 Å². The van der Waals surface area contributed by atoms with Crippen molar-refractivity contribution in [1.82, 2.24) is 0 Å². The van der Waals surface area contributed by atoms with Gasteiger partial charge in [0.1, 0.15) is 0 Å². The van der Waals surface area contributed by atoms with E-state index in [1.165, 1.54) is 16.7 Å². The van der Waals surface area contributed by atoms with Gasteiger partial charge >= 0.3 is 0 Å². The topological polar surface area (TPSA) is 26.0 Å². The Hall–Kier alpha value is -1.50. The highest BCUT2D eigenvalue weighted by Gasteiger charge is 2.21. The fourth-order valence-electron chi connectivity index (χ4n) is 1.29. The van der Waals surface area contributed by atoms with Crippen molar-refractivity contribution in [1.29, 1.82) is 0 Å². The van der Waals surface area contributed by atoms with Crippen molar-refractivity contribution >= 4 is 5.57 Å². The summed E-state index contributed by atoms with van der Waals surface area (Å²) in [6.45, 7) is 1.89. The Bertz CT molecular complexity index is 343. The molecule has 1 heteroatoms. The SMILES string of the molecule is C/C(N)=C/C=C1c2ccccc21. The van der Waals surface area contributed by atoms with Crippen LogP contribution in [0.5, 0.6) is 0 Å². The Balaban J connectivity index is 2.26. The number of fused-ring (bicyclic) bond motifs is 1. The van der Waals surface area contributed by atoms with E-state index >= 15 is 0 Å². The van der Waals surface area contributed by atoms with E-state index in [0.717, 1.165) is 5.70 Å². The molecular formula is C11H11N. The summed E-state index contributed by atoms with van der Waals surface area (Å²) >= 11 is 0. The second kappa shape index (κ2) is 2.52. The monoisotopic (exact) mass is 157 g/mol. The van der Waals surface area contributed by atoms with Crippen molar-refractivity contribution in [3.05, 3.63) is 53.2 Å². The normalized spacial score (nSPS) is 14.1. The van der Waals surface area contributed by atoms with E-state index in [4.69, 9.17) is 5.73 Å². The fourth-order valence-corrected chi connectivity index (χ4v) is 1.29. The van der Waals surface area contributed by atoms with Gasteiger partial charge in [-0.3, -0.25) is 0 Å². The van der Waals surface area contributed by atoms with E-state index in [2.05, 4.69) is 30.3 Å². The van der Waals surface area contributed by atoms with Crippen LogP contribution in [0.15, 0.2) is 42.1 Å². The second-order valence-electron chi connectivity index (χ2n) is 3.04. The minimum absolute atomic E-state index is 0.848. The summed E-state index contributed by atoms with van der Waals surface area (Å²) in [5.74, 6) is 0. The van der Waals surface area contributed by atoms with E-state index in [1.807, 2.05) is 13.0 Å². The number of nitrogens with two attached hydrogens (primary N) is 1. The summed E-state index contributed by atoms with van der Waals surface area (Å²) in [5, 5.41) is 0. The van der Waals surface area contributed by atoms with Crippen molar-refractivity contribution in [3.8, 4) is 0 Å².